The molecule has 88 valence electrons. The first kappa shape index (κ1) is 11.4. The van der Waals surface area contributed by atoms with E-state index < -0.39 is 0 Å². The summed E-state index contributed by atoms with van der Waals surface area (Å²) in [4.78, 5) is 10.4. The predicted octanol–water partition coefficient (Wildman–Crippen LogP) is 1.74. The number of hydrogen-bond acceptors (Lipinski definition) is 4. The second kappa shape index (κ2) is 5.30. The fraction of sp³-hybridized carbons (Fsp3) is 0.231. The van der Waals surface area contributed by atoms with E-state index in [1.807, 2.05) is 37.6 Å². The van der Waals surface area contributed by atoms with Crippen molar-refractivity contribution in [2.45, 2.75) is 6.42 Å². The molecule has 17 heavy (non-hydrogen) atoms. The van der Waals surface area contributed by atoms with Gasteiger partial charge in [-0.1, -0.05) is 0 Å². The van der Waals surface area contributed by atoms with Crippen molar-refractivity contribution in [3.8, 4) is 0 Å². The topological polar surface area (TPSA) is 55.0 Å². The standard InChI is InChI=1S/C13H16N4/c1-17(13-10-12(14)4-8-16-13)9-5-11-2-6-15-7-3-11/h2-4,6-8,10H,5,9H2,1H3,(H2,14,16). The van der Waals surface area contributed by atoms with E-state index >= 15 is 0 Å². The first-order chi connectivity index (χ1) is 8.25. The van der Waals surface area contributed by atoms with Gasteiger partial charge in [0.2, 0.25) is 0 Å². The molecule has 2 aromatic rings. The lowest BCUT2D eigenvalue weighted by Gasteiger charge is -2.18. The summed E-state index contributed by atoms with van der Waals surface area (Å²) >= 11 is 0. The molecule has 2 N–H and O–H groups in total. The van der Waals surface area contributed by atoms with E-state index in [2.05, 4.69) is 14.9 Å². The molecule has 0 unspecified atom stereocenters. The summed E-state index contributed by atoms with van der Waals surface area (Å²) in [6.07, 6.45) is 6.32. The van der Waals surface area contributed by atoms with E-state index in [9.17, 15) is 0 Å². The molecule has 0 aliphatic rings. The maximum atomic E-state index is 5.73. The van der Waals surface area contributed by atoms with Crippen LogP contribution in [-0.4, -0.2) is 23.6 Å². The molecule has 0 atom stereocenters. The van der Waals surface area contributed by atoms with Crippen LogP contribution in [0.2, 0.25) is 0 Å². The van der Waals surface area contributed by atoms with E-state index in [1.54, 1.807) is 12.3 Å². The second-order valence-electron chi connectivity index (χ2n) is 3.97. The Morgan fingerprint density at radius 1 is 1.18 bits per heavy atom. The van der Waals surface area contributed by atoms with Gasteiger partial charge < -0.3 is 10.6 Å². The quantitative estimate of drug-likeness (QED) is 0.866. The van der Waals surface area contributed by atoms with Gasteiger partial charge in [-0.25, -0.2) is 4.98 Å². The number of nitrogens with zero attached hydrogens (tertiary/aromatic N) is 3. The number of nitrogens with two attached hydrogens (primary N) is 1. The Morgan fingerprint density at radius 2 is 1.94 bits per heavy atom. The van der Waals surface area contributed by atoms with Crippen LogP contribution in [0.4, 0.5) is 11.5 Å². The lowest BCUT2D eigenvalue weighted by molar-refractivity contribution is 0.859. The molecule has 0 aliphatic heterocycles. The average molecular weight is 228 g/mol. The number of rotatable bonds is 4. The van der Waals surface area contributed by atoms with Crippen LogP contribution in [0.3, 0.4) is 0 Å². The number of anilines is 2. The molecule has 2 rings (SSSR count). The zero-order valence-corrected chi connectivity index (χ0v) is 9.87. The smallest absolute Gasteiger partial charge is 0.130 e. The summed E-state index contributed by atoms with van der Waals surface area (Å²) in [7, 11) is 2.02. The molecular weight excluding hydrogens is 212 g/mol. The average Bonchev–Trinajstić information content (AvgIpc) is 2.37. The number of hydrogen-bond donors (Lipinski definition) is 1. The summed E-state index contributed by atoms with van der Waals surface area (Å²) in [5, 5.41) is 0. The van der Waals surface area contributed by atoms with Crippen LogP contribution in [0, 0.1) is 0 Å². The minimum Gasteiger partial charge on any atom is -0.399 e. The predicted molar refractivity (Wildman–Crippen MR) is 69.9 cm³/mol. The van der Waals surface area contributed by atoms with Gasteiger partial charge in [-0.05, 0) is 30.2 Å². The minimum absolute atomic E-state index is 0.741. The van der Waals surface area contributed by atoms with Crippen molar-refractivity contribution in [2.75, 3.05) is 24.2 Å². The van der Waals surface area contributed by atoms with Crippen molar-refractivity contribution < 1.29 is 0 Å². The van der Waals surface area contributed by atoms with Gasteiger partial charge in [0.1, 0.15) is 5.82 Å². The SMILES string of the molecule is CN(CCc1ccncc1)c1cc(N)ccn1. The monoisotopic (exact) mass is 228 g/mol. The van der Waals surface area contributed by atoms with Gasteiger partial charge in [0, 0.05) is 43.9 Å². The zero-order chi connectivity index (χ0) is 12.1. The highest BCUT2D eigenvalue weighted by molar-refractivity contribution is 5.49. The largest absolute Gasteiger partial charge is 0.399 e. The van der Waals surface area contributed by atoms with Crippen LogP contribution in [0.15, 0.2) is 42.9 Å². The second-order valence-corrected chi connectivity index (χ2v) is 3.97. The molecule has 0 saturated carbocycles. The van der Waals surface area contributed by atoms with Crippen LogP contribution >= 0.6 is 0 Å². The van der Waals surface area contributed by atoms with Crippen LogP contribution in [0.5, 0.6) is 0 Å². The van der Waals surface area contributed by atoms with E-state index in [1.165, 1.54) is 5.56 Å². The molecule has 0 aliphatic carbocycles. The highest BCUT2D eigenvalue weighted by Gasteiger charge is 2.02. The Balaban J connectivity index is 1.96. The molecule has 0 amide bonds. The Kier molecular flexibility index (Phi) is 3.55. The van der Waals surface area contributed by atoms with Crippen molar-refractivity contribution >= 4 is 11.5 Å². The lowest BCUT2D eigenvalue weighted by Crippen LogP contribution is -2.21. The fourth-order valence-corrected chi connectivity index (χ4v) is 1.60. The van der Waals surface area contributed by atoms with Gasteiger partial charge in [-0.3, -0.25) is 4.98 Å². The van der Waals surface area contributed by atoms with E-state index in [-0.39, 0.29) is 0 Å². The van der Waals surface area contributed by atoms with E-state index in [0.717, 1.165) is 24.5 Å². The van der Waals surface area contributed by atoms with Gasteiger partial charge in [0.25, 0.3) is 0 Å². The lowest BCUT2D eigenvalue weighted by atomic mass is 10.2. The van der Waals surface area contributed by atoms with Crippen molar-refractivity contribution in [2.24, 2.45) is 0 Å². The maximum Gasteiger partial charge on any atom is 0.130 e. The van der Waals surface area contributed by atoms with Gasteiger partial charge in [-0.15, -0.1) is 0 Å². The van der Waals surface area contributed by atoms with Crippen molar-refractivity contribution in [3.63, 3.8) is 0 Å². The Labute approximate surface area is 101 Å². The number of pyridine rings is 2. The highest BCUT2D eigenvalue weighted by Crippen LogP contribution is 2.12. The Hall–Kier alpha value is -2.10. The summed E-state index contributed by atoms with van der Waals surface area (Å²) in [6, 6.07) is 7.73. The molecule has 4 nitrogen and oxygen atoms in total. The number of likely N-dealkylation sites (N-methyl/N-ethyl adjacent to an activating group) is 1. The highest BCUT2D eigenvalue weighted by atomic mass is 15.2. The van der Waals surface area contributed by atoms with Gasteiger partial charge in [-0.2, -0.15) is 0 Å². The fourth-order valence-electron chi connectivity index (χ4n) is 1.60. The molecule has 4 heteroatoms. The molecule has 2 aromatic heterocycles. The Morgan fingerprint density at radius 3 is 2.65 bits per heavy atom. The van der Waals surface area contributed by atoms with E-state index in [4.69, 9.17) is 5.73 Å². The van der Waals surface area contributed by atoms with Gasteiger partial charge in [0.05, 0.1) is 0 Å². The minimum atomic E-state index is 0.741. The normalized spacial score (nSPS) is 10.2. The van der Waals surface area contributed by atoms with Crippen LogP contribution in [0.1, 0.15) is 5.56 Å². The van der Waals surface area contributed by atoms with Crippen LogP contribution in [0.25, 0.3) is 0 Å². The van der Waals surface area contributed by atoms with Crippen molar-refractivity contribution in [3.05, 3.63) is 48.4 Å². The molecule has 0 spiro atoms. The number of aromatic nitrogens is 2. The molecule has 0 saturated heterocycles. The third-order valence-corrected chi connectivity index (χ3v) is 2.65. The first-order valence-electron chi connectivity index (χ1n) is 5.57. The molecule has 0 fully saturated rings. The maximum absolute atomic E-state index is 5.73. The third-order valence-electron chi connectivity index (χ3n) is 2.65. The molecule has 2 heterocycles. The number of nitrogen functional groups attached to an aromatic ring is 1. The summed E-state index contributed by atoms with van der Waals surface area (Å²) in [5.74, 6) is 0.902. The van der Waals surface area contributed by atoms with Crippen molar-refractivity contribution in [1.29, 1.82) is 0 Å². The third kappa shape index (κ3) is 3.17. The van der Waals surface area contributed by atoms with Crippen molar-refractivity contribution in [1.82, 2.24) is 9.97 Å². The van der Waals surface area contributed by atoms with Gasteiger partial charge in [0.15, 0.2) is 0 Å². The summed E-state index contributed by atoms with van der Waals surface area (Å²) < 4.78 is 0. The Bertz CT molecular complexity index is 470. The molecule has 0 bridgehead atoms. The summed E-state index contributed by atoms with van der Waals surface area (Å²) in [5.41, 5.74) is 7.74. The first-order valence-corrected chi connectivity index (χ1v) is 5.57. The van der Waals surface area contributed by atoms with Crippen LogP contribution < -0.4 is 10.6 Å². The molecule has 0 aromatic carbocycles. The molecular formula is C13H16N4. The molecule has 0 radical (unpaired) electrons. The van der Waals surface area contributed by atoms with Gasteiger partial charge >= 0.3 is 0 Å². The van der Waals surface area contributed by atoms with E-state index in [0.29, 0.717) is 0 Å². The summed E-state index contributed by atoms with van der Waals surface area (Å²) in [6.45, 7) is 0.903. The van der Waals surface area contributed by atoms with Crippen LogP contribution in [-0.2, 0) is 6.42 Å². The zero-order valence-electron chi connectivity index (χ0n) is 9.87.